The third-order valence-electron chi connectivity index (χ3n) is 3.09. The molecule has 0 radical (unpaired) electrons. The molecule has 1 fully saturated rings. The van der Waals surface area contributed by atoms with Gasteiger partial charge in [-0.05, 0) is 13.8 Å². The van der Waals surface area contributed by atoms with E-state index in [-0.39, 0.29) is 0 Å². The van der Waals surface area contributed by atoms with Crippen LogP contribution in [0.2, 0.25) is 0 Å². The van der Waals surface area contributed by atoms with E-state index in [4.69, 9.17) is 0 Å². The molecule has 1 aliphatic heterocycles. The lowest BCUT2D eigenvalue weighted by atomic mass is 10.3. The quantitative estimate of drug-likeness (QED) is 0.823. The Bertz CT molecular complexity index is 571. The van der Waals surface area contributed by atoms with Gasteiger partial charge in [0.15, 0.2) is 5.82 Å². The van der Waals surface area contributed by atoms with Crippen molar-refractivity contribution in [3.05, 3.63) is 24.0 Å². The summed E-state index contributed by atoms with van der Waals surface area (Å²) in [6.45, 7) is 7.67. The van der Waals surface area contributed by atoms with Gasteiger partial charge in [0.05, 0.1) is 0 Å². The molecule has 0 aliphatic carbocycles. The summed E-state index contributed by atoms with van der Waals surface area (Å²) in [7, 11) is 0. The number of nitrogens with one attached hydrogen (secondary N) is 1. The first kappa shape index (κ1) is 12.0. The first-order valence-electron chi connectivity index (χ1n) is 6.42. The highest BCUT2D eigenvalue weighted by molar-refractivity contribution is 5.44. The molecule has 3 heterocycles. The van der Waals surface area contributed by atoms with Gasteiger partial charge >= 0.3 is 0 Å². The maximum absolute atomic E-state index is 4.52. The van der Waals surface area contributed by atoms with Crippen LogP contribution in [0.1, 0.15) is 11.6 Å². The average molecular weight is 259 g/mol. The number of hydrogen-bond acceptors (Lipinski definition) is 6. The fraction of sp³-hybridized carbons (Fsp3) is 0.500. The lowest BCUT2D eigenvalue weighted by molar-refractivity contribution is 0.583. The fourth-order valence-electron chi connectivity index (χ4n) is 2.17. The highest BCUT2D eigenvalue weighted by atomic mass is 15.4. The molecule has 1 N–H and O–H groups in total. The number of aromatic nitrogens is 5. The molecule has 1 saturated heterocycles. The summed E-state index contributed by atoms with van der Waals surface area (Å²) in [5.41, 5.74) is 0. The van der Waals surface area contributed by atoms with E-state index in [9.17, 15) is 0 Å². The number of anilines is 1. The summed E-state index contributed by atoms with van der Waals surface area (Å²) in [6, 6.07) is 1.96. The Balaban J connectivity index is 1.95. The average Bonchev–Trinajstić information content (AvgIpc) is 2.86. The zero-order valence-electron chi connectivity index (χ0n) is 11.2. The van der Waals surface area contributed by atoms with Crippen molar-refractivity contribution in [2.75, 3.05) is 31.1 Å². The standard InChI is InChI=1S/C12H17N7/c1-9-14-8-19(17-9)12-7-11(15-10(2)16-12)18-5-3-13-4-6-18/h7-8,13H,3-6H2,1-2H3. The van der Waals surface area contributed by atoms with Crippen LogP contribution in [-0.2, 0) is 0 Å². The van der Waals surface area contributed by atoms with Crippen molar-refractivity contribution in [2.24, 2.45) is 0 Å². The van der Waals surface area contributed by atoms with Gasteiger partial charge in [-0.1, -0.05) is 0 Å². The van der Waals surface area contributed by atoms with Crippen molar-refractivity contribution in [3.63, 3.8) is 0 Å². The van der Waals surface area contributed by atoms with Crippen LogP contribution in [0.15, 0.2) is 12.4 Å². The molecule has 0 aromatic carbocycles. The van der Waals surface area contributed by atoms with Gasteiger partial charge in [0, 0.05) is 32.2 Å². The predicted molar refractivity (Wildman–Crippen MR) is 71.5 cm³/mol. The number of piperazine rings is 1. The first-order valence-corrected chi connectivity index (χ1v) is 6.42. The van der Waals surface area contributed by atoms with Crippen molar-refractivity contribution in [1.82, 2.24) is 30.0 Å². The summed E-state index contributed by atoms with van der Waals surface area (Å²) < 4.78 is 1.69. The summed E-state index contributed by atoms with van der Waals surface area (Å²) in [4.78, 5) is 15.3. The van der Waals surface area contributed by atoms with E-state index in [0.29, 0.717) is 0 Å². The molecule has 0 bridgehead atoms. The van der Waals surface area contributed by atoms with Gasteiger partial charge in [-0.3, -0.25) is 0 Å². The summed E-state index contributed by atoms with van der Waals surface area (Å²) in [5.74, 6) is 3.21. The van der Waals surface area contributed by atoms with Gasteiger partial charge in [0.1, 0.15) is 23.8 Å². The van der Waals surface area contributed by atoms with E-state index < -0.39 is 0 Å². The Kier molecular flexibility index (Phi) is 3.12. The molecule has 2 aromatic heterocycles. The molecule has 0 spiro atoms. The molecule has 1 aliphatic rings. The summed E-state index contributed by atoms with van der Waals surface area (Å²) >= 11 is 0. The lowest BCUT2D eigenvalue weighted by Gasteiger charge is -2.28. The van der Waals surface area contributed by atoms with Crippen molar-refractivity contribution in [2.45, 2.75) is 13.8 Å². The minimum Gasteiger partial charge on any atom is -0.354 e. The fourth-order valence-corrected chi connectivity index (χ4v) is 2.17. The van der Waals surface area contributed by atoms with Crippen molar-refractivity contribution in [3.8, 4) is 5.82 Å². The van der Waals surface area contributed by atoms with E-state index in [1.165, 1.54) is 0 Å². The number of rotatable bonds is 2. The molecule has 3 rings (SSSR count). The Morgan fingerprint density at radius 2 is 1.79 bits per heavy atom. The van der Waals surface area contributed by atoms with Gasteiger partial charge in [0.25, 0.3) is 0 Å². The maximum Gasteiger partial charge on any atom is 0.161 e. The van der Waals surface area contributed by atoms with Gasteiger partial charge in [-0.25, -0.2) is 19.6 Å². The van der Waals surface area contributed by atoms with Crippen LogP contribution < -0.4 is 10.2 Å². The van der Waals surface area contributed by atoms with Crippen LogP contribution >= 0.6 is 0 Å². The van der Waals surface area contributed by atoms with Crippen LogP contribution in [0.5, 0.6) is 0 Å². The zero-order valence-corrected chi connectivity index (χ0v) is 11.2. The predicted octanol–water partition coefficient (Wildman–Crippen LogP) is 0.0837. The monoisotopic (exact) mass is 259 g/mol. The summed E-state index contributed by atoms with van der Waals surface area (Å²) in [6.07, 6.45) is 1.68. The Morgan fingerprint density at radius 1 is 1.05 bits per heavy atom. The topological polar surface area (TPSA) is 71.8 Å². The van der Waals surface area contributed by atoms with E-state index in [2.05, 4.69) is 30.3 Å². The van der Waals surface area contributed by atoms with Crippen LogP contribution in [0.3, 0.4) is 0 Å². The molecule has 0 amide bonds. The Hall–Kier alpha value is -2.02. The molecule has 100 valence electrons. The number of nitrogens with zero attached hydrogens (tertiary/aromatic N) is 6. The normalized spacial score (nSPS) is 15.8. The van der Waals surface area contributed by atoms with Crippen LogP contribution in [-0.4, -0.2) is 50.9 Å². The second-order valence-corrected chi connectivity index (χ2v) is 4.60. The molecule has 7 heteroatoms. The largest absolute Gasteiger partial charge is 0.354 e. The molecular weight excluding hydrogens is 242 g/mol. The van der Waals surface area contributed by atoms with Crippen LogP contribution in [0, 0.1) is 13.8 Å². The second-order valence-electron chi connectivity index (χ2n) is 4.60. The van der Waals surface area contributed by atoms with E-state index in [0.717, 1.165) is 49.5 Å². The van der Waals surface area contributed by atoms with E-state index in [1.54, 1.807) is 11.0 Å². The SMILES string of the molecule is Cc1nc(N2CCNCC2)cc(-n2cnc(C)n2)n1. The lowest BCUT2D eigenvalue weighted by Crippen LogP contribution is -2.44. The minimum absolute atomic E-state index is 0.736. The number of aryl methyl sites for hydroxylation is 2. The van der Waals surface area contributed by atoms with Crippen LogP contribution in [0.25, 0.3) is 5.82 Å². The molecule has 2 aromatic rings. The highest BCUT2D eigenvalue weighted by Crippen LogP contribution is 2.15. The van der Waals surface area contributed by atoms with Gasteiger partial charge in [0.2, 0.25) is 0 Å². The van der Waals surface area contributed by atoms with Crippen molar-refractivity contribution < 1.29 is 0 Å². The van der Waals surface area contributed by atoms with E-state index >= 15 is 0 Å². The Morgan fingerprint density at radius 3 is 2.47 bits per heavy atom. The van der Waals surface area contributed by atoms with Gasteiger partial charge in [-0.15, -0.1) is 0 Å². The van der Waals surface area contributed by atoms with Crippen LogP contribution in [0.4, 0.5) is 5.82 Å². The molecule has 0 unspecified atom stereocenters. The first-order chi connectivity index (χ1) is 9.22. The highest BCUT2D eigenvalue weighted by Gasteiger charge is 2.14. The molecule has 0 saturated carbocycles. The van der Waals surface area contributed by atoms with Gasteiger partial charge in [-0.2, -0.15) is 5.10 Å². The smallest absolute Gasteiger partial charge is 0.161 e. The molecule has 19 heavy (non-hydrogen) atoms. The molecular formula is C12H17N7. The van der Waals surface area contributed by atoms with E-state index in [1.807, 2.05) is 19.9 Å². The van der Waals surface area contributed by atoms with Gasteiger partial charge < -0.3 is 10.2 Å². The van der Waals surface area contributed by atoms with Crippen molar-refractivity contribution in [1.29, 1.82) is 0 Å². The third kappa shape index (κ3) is 2.55. The summed E-state index contributed by atoms with van der Waals surface area (Å²) in [5, 5.41) is 7.63. The maximum atomic E-state index is 4.52. The zero-order chi connectivity index (χ0) is 13.2. The van der Waals surface area contributed by atoms with Crippen molar-refractivity contribution >= 4 is 5.82 Å². The minimum atomic E-state index is 0.736. The second kappa shape index (κ2) is 4.93. The Labute approximate surface area is 111 Å². The number of hydrogen-bond donors (Lipinski definition) is 1. The molecule has 7 nitrogen and oxygen atoms in total. The molecule has 0 atom stereocenters. The third-order valence-corrected chi connectivity index (χ3v) is 3.09.